The van der Waals surface area contributed by atoms with Crippen LogP contribution < -0.4 is 21.6 Å². The normalized spacial score (nSPS) is 27.3. The van der Waals surface area contributed by atoms with Crippen LogP contribution in [0.2, 0.25) is 0 Å². The summed E-state index contributed by atoms with van der Waals surface area (Å²) in [7, 11) is 0. The molecular weight excluding hydrogens is 299 g/mol. The van der Waals surface area contributed by atoms with E-state index in [4.69, 9.17) is 10.5 Å². The standard InChI is InChI=1S/C14H14F3N3O2/c15-14(16,17)11-3-4-13(22-11,12(18)21)9-1-2-10-8(5-9)6-19-7-20-10/h1-2,5-6,11,19H,3-4,7H2,(H2,18,21). The van der Waals surface area contributed by atoms with Gasteiger partial charge in [-0.25, -0.2) is 0 Å². The van der Waals surface area contributed by atoms with Crippen molar-refractivity contribution in [2.45, 2.75) is 30.7 Å². The van der Waals surface area contributed by atoms with Gasteiger partial charge in [0.2, 0.25) is 0 Å². The zero-order valence-electron chi connectivity index (χ0n) is 11.5. The largest absolute Gasteiger partial charge is 0.414 e. The van der Waals surface area contributed by atoms with E-state index in [1.165, 1.54) is 0 Å². The molecule has 2 aliphatic heterocycles. The van der Waals surface area contributed by atoms with Gasteiger partial charge in [-0.05, 0) is 30.5 Å². The van der Waals surface area contributed by atoms with Crippen LogP contribution in [0.4, 0.5) is 13.2 Å². The van der Waals surface area contributed by atoms with E-state index in [0.29, 0.717) is 22.8 Å². The summed E-state index contributed by atoms with van der Waals surface area (Å²) in [5.74, 6) is -0.917. The highest BCUT2D eigenvalue weighted by atomic mass is 19.4. The summed E-state index contributed by atoms with van der Waals surface area (Å²) in [5, 5.41) is 4.29. The van der Waals surface area contributed by atoms with Crippen LogP contribution in [0.3, 0.4) is 0 Å². The Bertz CT molecular complexity index is 732. The second-order valence-electron chi connectivity index (χ2n) is 5.32. The fourth-order valence-electron chi connectivity index (χ4n) is 2.81. The summed E-state index contributed by atoms with van der Waals surface area (Å²) in [5.41, 5.74) is 3.94. The van der Waals surface area contributed by atoms with E-state index < -0.39 is 23.8 Å². The Morgan fingerprint density at radius 2 is 2.23 bits per heavy atom. The average molecular weight is 313 g/mol. The molecule has 0 bridgehead atoms. The molecule has 0 saturated carbocycles. The van der Waals surface area contributed by atoms with Crippen LogP contribution >= 0.6 is 0 Å². The molecule has 1 amide bonds. The van der Waals surface area contributed by atoms with Crippen molar-refractivity contribution in [3.05, 3.63) is 34.3 Å². The fourth-order valence-corrected chi connectivity index (χ4v) is 2.81. The highest BCUT2D eigenvalue weighted by Crippen LogP contribution is 2.44. The third kappa shape index (κ3) is 2.33. The van der Waals surface area contributed by atoms with Crippen LogP contribution in [0.25, 0.3) is 6.20 Å². The van der Waals surface area contributed by atoms with Gasteiger partial charge < -0.3 is 15.8 Å². The maximum absolute atomic E-state index is 12.8. The summed E-state index contributed by atoms with van der Waals surface area (Å²) < 4.78 is 43.6. The molecule has 8 heteroatoms. The molecule has 5 nitrogen and oxygen atoms in total. The Kier molecular flexibility index (Phi) is 3.36. The molecule has 2 unspecified atom stereocenters. The Labute approximate surface area is 123 Å². The molecule has 1 fully saturated rings. The first-order valence-electron chi connectivity index (χ1n) is 6.76. The maximum Gasteiger partial charge on any atom is 0.414 e. The molecule has 0 aromatic heterocycles. The van der Waals surface area contributed by atoms with Crippen LogP contribution in [0.5, 0.6) is 0 Å². The lowest BCUT2D eigenvalue weighted by Crippen LogP contribution is -2.44. The smallest absolute Gasteiger partial charge is 0.372 e. The van der Waals surface area contributed by atoms with Gasteiger partial charge in [0.25, 0.3) is 5.91 Å². The minimum atomic E-state index is -4.52. The maximum atomic E-state index is 12.8. The number of benzene rings is 1. The summed E-state index contributed by atoms with van der Waals surface area (Å²) in [4.78, 5) is 16.0. The number of nitrogens with zero attached hydrogens (tertiary/aromatic N) is 1. The Balaban J connectivity index is 2.05. The van der Waals surface area contributed by atoms with E-state index in [0.717, 1.165) is 0 Å². The van der Waals surface area contributed by atoms with Gasteiger partial charge in [-0.2, -0.15) is 13.2 Å². The first-order valence-corrected chi connectivity index (χ1v) is 6.76. The molecule has 0 spiro atoms. The third-order valence-corrected chi connectivity index (χ3v) is 3.96. The number of nitrogens with one attached hydrogen (secondary N) is 1. The number of halogens is 3. The molecule has 3 rings (SSSR count). The molecule has 3 N–H and O–H groups in total. The first-order chi connectivity index (χ1) is 10.3. The lowest BCUT2D eigenvalue weighted by atomic mass is 9.89. The minimum absolute atomic E-state index is 0.101. The zero-order chi connectivity index (χ0) is 16.0. The monoisotopic (exact) mass is 313 g/mol. The fraction of sp³-hybridized carbons (Fsp3) is 0.429. The number of fused-ring (bicyclic) bond motifs is 1. The van der Waals surface area contributed by atoms with Crippen LogP contribution in [-0.2, 0) is 15.1 Å². The molecular formula is C14H14F3N3O2. The van der Waals surface area contributed by atoms with Gasteiger partial charge in [0.15, 0.2) is 11.7 Å². The Morgan fingerprint density at radius 3 is 2.86 bits per heavy atom. The van der Waals surface area contributed by atoms with Gasteiger partial charge in [0, 0.05) is 11.4 Å². The van der Waals surface area contributed by atoms with Gasteiger partial charge in [-0.15, -0.1) is 0 Å². The minimum Gasteiger partial charge on any atom is -0.372 e. The molecule has 2 aliphatic rings. The predicted octanol–water partition coefficient (Wildman–Crippen LogP) is 0.0268. The summed E-state index contributed by atoms with van der Waals surface area (Å²) in [6.07, 6.45) is -5.21. The van der Waals surface area contributed by atoms with Crippen LogP contribution in [0.1, 0.15) is 18.4 Å². The second kappa shape index (κ2) is 4.98. The van der Waals surface area contributed by atoms with Crippen molar-refractivity contribution in [1.29, 1.82) is 0 Å². The number of ether oxygens (including phenoxy) is 1. The van der Waals surface area contributed by atoms with Crippen molar-refractivity contribution in [1.82, 2.24) is 5.32 Å². The molecule has 1 saturated heterocycles. The summed E-state index contributed by atoms with van der Waals surface area (Å²) >= 11 is 0. The van der Waals surface area contributed by atoms with Crippen molar-refractivity contribution in [3.8, 4) is 0 Å². The van der Waals surface area contributed by atoms with Gasteiger partial charge in [-0.1, -0.05) is 6.07 Å². The molecule has 1 aromatic carbocycles. The van der Waals surface area contributed by atoms with Gasteiger partial charge >= 0.3 is 6.18 Å². The SMILES string of the molecule is NC(=O)C1(c2ccc3c(c2)=CNCN=3)CCC(C(F)(F)F)O1. The number of primary amides is 1. The number of carbonyl (C=O) groups is 1. The van der Waals surface area contributed by atoms with E-state index in [1.807, 2.05) is 0 Å². The van der Waals surface area contributed by atoms with E-state index in [1.54, 1.807) is 24.4 Å². The Morgan fingerprint density at radius 1 is 1.45 bits per heavy atom. The van der Waals surface area contributed by atoms with Crippen molar-refractivity contribution >= 4 is 12.1 Å². The quantitative estimate of drug-likeness (QED) is 0.808. The molecule has 0 aliphatic carbocycles. The number of hydrogen-bond acceptors (Lipinski definition) is 4. The molecule has 2 atom stereocenters. The zero-order valence-corrected chi connectivity index (χ0v) is 11.5. The molecule has 1 aromatic rings. The summed E-state index contributed by atoms with van der Waals surface area (Å²) in [6.45, 7) is 0.431. The van der Waals surface area contributed by atoms with E-state index in [-0.39, 0.29) is 12.8 Å². The predicted molar refractivity (Wildman–Crippen MR) is 70.7 cm³/mol. The highest BCUT2D eigenvalue weighted by Gasteiger charge is 2.55. The number of carbonyl (C=O) groups excluding carboxylic acids is 1. The lowest BCUT2D eigenvalue weighted by molar-refractivity contribution is -0.229. The van der Waals surface area contributed by atoms with E-state index >= 15 is 0 Å². The molecule has 0 radical (unpaired) electrons. The van der Waals surface area contributed by atoms with Crippen LogP contribution in [0, 0.1) is 0 Å². The average Bonchev–Trinajstić information content (AvgIpc) is 2.93. The third-order valence-electron chi connectivity index (χ3n) is 3.96. The van der Waals surface area contributed by atoms with Crippen molar-refractivity contribution < 1.29 is 22.7 Å². The number of alkyl halides is 3. The van der Waals surface area contributed by atoms with Crippen LogP contribution in [0.15, 0.2) is 23.2 Å². The Hall–Kier alpha value is -2.09. The highest BCUT2D eigenvalue weighted by molar-refractivity contribution is 5.85. The molecule has 118 valence electrons. The summed E-state index contributed by atoms with van der Waals surface area (Å²) in [6, 6.07) is 4.79. The first kappa shape index (κ1) is 14.8. The van der Waals surface area contributed by atoms with Crippen molar-refractivity contribution in [2.24, 2.45) is 10.7 Å². The molecule has 22 heavy (non-hydrogen) atoms. The van der Waals surface area contributed by atoms with Crippen molar-refractivity contribution in [3.63, 3.8) is 0 Å². The van der Waals surface area contributed by atoms with Gasteiger partial charge in [-0.3, -0.25) is 9.79 Å². The number of nitrogens with two attached hydrogens (primary N) is 1. The van der Waals surface area contributed by atoms with Gasteiger partial charge in [0.1, 0.15) is 6.67 Å². The molecule has 2 heterocycles. The van der Waals surface area contributed by atoms with Gasteiger partial charge in [0.05, 0.1) is 5.36 Å². The van der Waals surface area contributed by atoms with Crippen molar-refractivity contribution in [2.75, 3.05) is 6.67 Å². The number of hydrogen-bond donors (Lipinski definition) is 2. The van der Waals surface area contributed by atoms with E-state index in [9.17, 15) is 18.0 Å². The number of amides is 1. The number of rotatable bonds is 2. The van der Waals surface area contributed by atoms with Crippen LogP contribution in [-0.4, -0.2) is 24.9 Å². The van der Waals surface area contributed by atoms with E-state index in [2.05, 4.69) is 10.3 Å². The topological polar surface area (TPSA) is 76.7 Å². The lowest BCUT2D eigenvalue weighted by Gasteiger charge is -2.27. The second-order valence-corrected chi connectivity index (χ2v) is 5.32.